The minimum Gasteiger partial charge on any atom is -0.385 e. The lowest BCUT2D eigenvalue weighted by Gasteiger charge is -2.26. The largest absolute Gasteiger partial charge is 0.385 e. The van der Waals surface area contributed by atoms with Crippen molar-refractivity contribution in [3.63, 3.8) is 0 Å². The van der Waals surface area contributed by atoms with Crippen molar-refractivity contribution in [3.05, 3.63) is 41.5 Å². The van der Waals surface area contributed by atoms with Crippen molar-refractivity contribution in [3.8, 4) is 0 Å². The van der Waals surface area contributed by atoms with Crippen LogP contribution in [0, 0.1) is 0 Å². The van der Waals surface area contributed by atoms with Gasteiger partial charge in [0.2, 0.25) is 0 Å². The van der Waals surface area contributed by atoms with E-state index in [-0.39, 0.29) is 0 Å². The Bertz CT molecular complexity index is 587. The molecule has 0 saturated carbocycles. The number of nitrogens with zero attached hydrogens (tertiary/aromatic N) is 3. The molecule has 0 aliphatic carbocycles. The van der Waals surface area contributed by atoms with Crippen LogP contribution < -0.4 is 5.32 Å². The standard InChI is InChI=1S/C14H16N4/c1-2-5-12-10(4-1)11(7-8-15-12)14-17-16-13-6-3-9-18(13)14/h1-2,4-5,11,15H,3,6-9H2. The van der Waals surface area contributed by atoms with Gasteiger partial charge in [-0.25, -0.2) is 0 Å². The van der Waals surface area contributed by atoms with E-state index in [2.05, 4.69) is 44.3 Å². The molecule has 1 aromatic heterocycles. The van der Waals surface area contributed by atoms with E-state index in [0.29, 0.717) is 5.92 Å². The number of benzene rings is 1. The first kappa shape index (κ1) is 10.1. The minimum absolute atomic E-state index is 0.404. The van der Waals surface area contributed by atoms with Gasteiger partial charge in [-0.2, -0.15) is 0 Å². The maximum absolute atomic E-state index is 4.45. The van der Waals surface area contributed by atoms with Crippen LogP contribution in [0.4, 0.5) is 5.69 Å². The highest BCUT2D eigenvalue weighted by atomic mass is 15.3. The van der Waals surface area contributed by atoms with Gasteiger partial charge in [0.05, 0.1) is 0 Å². The molecule has 1 aromatic carbocycles. The summed E-state index contributed by atoms with van der Waals surface area (Å²) in [6.07, 6.45) is 3.40. The summed E-state index contributed by atoms with van der Waals surface area (Å²) >= 11 is 0. The van der Waals surface area contributed by atoms with Crippen molar-refractivity contribution in [2.24, 2.45) is 0 Å². The Morgan fingerprint density at radius 1 is 1.22 bits per heavy atom. The van der Waals surface area contributed by atoms with E-state index in [4.69, 9.17) is 0 Å². The maximum Gasteiger partial charge on any atom is 0.140 e. The number of fused-ring (bicyclic) bond motifs is 2. The monoisotopic (exact) mass is 240 g/mol. The number of rotatable bonds is 1. The molecular weight excluding hydrogens is 224 g/mol. The third-order valence-corrected chi connectivity index (χ3v) is 4.03. The number of aryl methyl sites for hydroxylation is 1. The zero-order chi connectivity index (χ0) is 11.9. The van der Waals surface area contributed by atoms with Crippen LogP contribution in [0.2, 0.25) is 0 Å². The summed E-state index contributed by atoms with van der Waals surface area (Å²) in [6.45, 7) is 2.10. The summed E-state index contributed by atoms with van der Waals surface area (Å²) in [7, 11) is 0. The smallest absolute Gasteiger partial charge is 0.140 e. The lowest BCUT2D eigenvalue weighted by molar-refractivity contribution is 0.608. The number of hydrogen-bond acceptors (Lipinski definition) is 3. The van der Waals surface area contributed by atoms with Crippen molar-refractivity contribution in [1.82, 2.24) is 14.8 Å². The summed E-state index contributed by atoms with van der Waals surface area (Å²) in [5.74, 6) is 2.74. The summed E-state index contributed by atoms with van der Waals surface area (Å²) in [5, 5.41) is 12.2. The number of para-hydroxylation sites is 1. The number of aromatic nitrogens is 3. The Balaban J connectivity index is 1.82. The predicted octanol–water partition coefficient (Wildman–Crippen LogP) is 2.17. The molecule has 4 rings (SSSR count). The van der Waals surface area contributed by atoms with Gasteiger partial charge in [0, 0.05) is 31.1 Å². The molecule has 3 heterocycles. The molecule has 0 radical (unpaired) electrons. The van der Waals surface area contributed by atoms with E-state index < -0.39 is 0 Å². The first-order chi connectivity index (χ1) is 8.93. The molecule has 4 heteroatoms. The zero-order valence-electron chi connectivity index (χ0n) is 10.3. The van der Waals surface area contributed by atoms with Crippen molar-refractivity contribution in [2.75, 3.05) is 11.9 Å². The molecule has 2 aromatic rings. The summed E-state index contributed by atoms with van der Waals surface area (Å²) in [6, 6.07) is 8.56. The van der Waals surface area contributed by atoms with Crippen LogP contribution in [0.3, 0.4) is 0 Å². The van der Waals surface area contributed by atoms with Gasteiger partial charge in [-0.15, -0.1) is 10.2 Å². The third kappa shape index (κ3) is 1.38. The van der Waals surface area contributed by atoms with E-state index in [1.54, 1.807) is 0 Å². The van der Waals surface area contributed by atoms with Gasteiger partial charge in [0.1, 0.15) is 11.6 Å². The minimum atomic E-state index is 0.404. The fourth-order valence-corrected chi connectivity index (χ4v) is 3.17. The average Bonchev–Trinajstić information content (AvgIpc) is 3.01. The fraction of sp³-hybridized carbons (Fsp3) is 0.429. The van der Waals surface area contributed by atoms with Crippen LogP contribution in [-0.2, 0) is 13.0 Å². The van der Waals surface area contributed by atoms with Gasteiger partial charge < -0.3 is 9.88 Å². The van der Waals surface area contributed by atoms with E-state index in [0.717, 1.165) is 31.8 Å². The molecule has 0 saturated heterocycles. The second kappa shape index (κ2) is 3.83. The molecule has 92 valence electrons. The summed E-state index contributed by atoms with van der Waals surface area (Å²) in [4.78, 5) is 0. The van der Waals surface area contributed by atoms with Crippen LogP contribution in [0.25, 0.3) is 0 Å². The van der Waals surface area contributed by atoms with Crippen molar-refractivity contribution < 1.29 is 0 Å². The molecule has 1 N–H and O–H groups in total. The van der Waals surface area contributed by atoms with Crippen LogP contribution in [0.15, 0.2) is 24.3 Å². The first-order valence-electron chi connectivity index (χ1n) is 6.68. The van der Waals surface area contributed by atoms with Gasteiger partial charge in [0.15, 0.2) is 0 Å². The van der Waals surface area contributed by atoms with Crippen LogP contribution in [0.5, 0.6) is 0 Å². The van der Waals surface area contributed by atoms with Crippen molar-refractivity contribution >= 4 is 5.69 Å². The molecule has 0 bridgehead atoms. The van der Waals surface area contributed by atoms with Gasteiger partial charge in [-0.1, -0.05) is 18.2 Å². The highest BCUT2D eigenvalue weighted by Gasteiger charge is 2.28. The van der Waals surface area contributed by atoms with E-state index in [1.807, 2.05) is 0 Å². The highest BCUT2D eigenvalue weighted by Crippen LogP contribution is 2.36. The Kier molecular flexibility index (Phi) is 2.15. The quantitative estimate of drug-likeness (QED) is 0.830. The van der Waals surface area contributed by atoms with Crippen LogP contribution in [-0.4, -0.2) is 21.3 Å². The summed E-state index contributed by atoms with van der Waals surface area (Å²) < 4.78 is 2.33. The molecule has 0 amide bonds. The average molecular weight is 240 g/mol. The molecule has 4 nitrogen and oxygen atoms in total. The van der Waals surface area contributed by atoms with Gasteiger partial charge in [-0.05, 0) is 24.5 Å². The highest BCUT2D eigenvalue weighted by molar-refractivity contribution is 5.56. The Hall–Kier alpha value is -1.84. The molecule has 1 unspecified atom stereocenters. The number of nitrogens with one attached hydrogen (secondary N) is 1. The van der Waals surface area contributed by atoms with Gasteiger partial charge >= 0.3 is 0 Å². The number of anilines is 1. The molecule has 2 aliphatic heterocycles. The fourth-order valence-electron chi connectivity index (χ4n) is 3.17. The van der Waals surface area contributed by atoms with E-state index in [9.17, 15) is 0 Å². The lowest BCUT2D eigenvalue weighted by Crippen LogP contribution is -2.20. The van der Waals surface area contributed by atoms with E-state index in [1.165, 1.54) is 23.5 Å². The number of hydrogen-bond donors (Lipinski definition) is 1. The molecular formula is C14H16N4. The van der Waals surface area contributed by atoms with Gasteiger partial charge in [-0.3, -0.25) is 0 Å². The second-order valence-electron chi connectivity index (χ2n) is 5.08. The van der Waals surface area contributed by atoms with Crippen LogP contribution in [0.1, 0.15) is 36.0 Å². The molecule has 2 aliphatic rings. The first-order valence-corrected chi connectivity index (χ1v) is 6.68. The van der Waals surface area contributed by atoms with E-state index >= 15 is 0 Å². The predicted molar refractivity (Wildman–Crippen MR) is 69.7 cm³/mol. The third-order valence-electron chi connectivity index (χ3n) is 4.03. The van der Waals surface area contributed by atoms with Crippen LogP contribution >= 0.6 is 0 Å². The Morgan fingerprint density at radius 2 is 2.17 bits per heavy atom. The second-order valence-corrected chi connectivity index (χ2v) is 5.08. The normalized spacial score (nSPS) is 21.2. The van der Waals surface area contributed by atoms with Crippen molar-refractivity contribution in [2.45, 2.75) is 31.7 Å². The van der Waals surface area contributed by atoms with Crippen molar-refractivity contribution in [1.29, 1.82) is 0 Å². The Morgan fingerprint density at radius 3 is 3.17 bits per heavy atom. The molecule has 1 atom stereocenters. The summed E-state index contributed by atoms with van der Waals surface area (Å²) in [5.41, 5.74) is 2.62. The molecule has 18 heavy (non-hydrogen) atoms. The zero-order valence-corrected chi connectivity index (χ0v) is 10.3. The maximum atomic E-state index is 4.45. The van der Waals surface area contributed by atoms with Gasteiger partial charge in [0.25, 0.3) is 0 Å². The topological polar surface area (TPSA) is 42.7 Å². The molecule has 0 spiro atoms. The molecule has 0 fully saturated rings. The Labute approximate surface area is 106 Å². The lowest BCUT2D eigenvalue weighted by atomic mass is 9.90. The SMILES string of the molecule is c1ccc2c(c1)NCCC2c1nnc2n1CCC2.